The molecule has 6 heteroatoms. The Morgan fingerprint density at radius 2 is 2.30 bits per heavy atom. The number of rotatable bonds is 5. The standard InChI is InChI=1S/C17H18N2O4/c1-3-21-15-4-5-16-13(7-15)6-14(11-22-16)17(20)23-10-12-8-18-19(2)9-12/h4-9H,3,10-11H2,1-2H3. The molecular weight excluding hydrogens is 296 g/mol. The highest BCUT2D eigenvalue weighted by atomic mass is 16.5. The van der Waals surface area contributed by atoms with Gasteiger partial charge in [0.15, 0.2) is 0 Å². The van der Waals surface area contributed by atoms with E-state index in [9.17, 15) is 4.79 Å². The second-order valence-corrected chi connectivity index (χ2v) is 5.19. The van der Waals surface area contributed by atoms with Gasteiger partial charge in [0.2, 0.25) is 0 Å². The predicted molar refractivity (Wildman–Crippen MR) is 84.1 cm³/mol. The maximum absolute atomic E-state index is 12.2. The first kappa shape index (κ1) is 15.1. The van der Waals surface area contributed by atoms with Crippen LogP contribution in [0.5, 0.6) is 11.5 Å². The van der Waals surface area contributed by atoms with Crippen LogP contribution in [0.4, 0.5) is 0 Å². The third-order valence-electron chi connectivity index (χ3n) is 3.40. The third kappa shape index (κ3) is 3.53. The normalized spacial score (nSPS) is 12.9. The minimum atomic E-state index is -0.388. The van der Waals surface area contributed by atoms with E-state index in [4.69, 9.17) is 14.2 Å². The number of aromatic nitrogens is 2. The number of fused-ring (bicyclic) bond motifs is 1. The van der Waals surface area contributed by atoms with Crippen molar-refractivity contribution in [1.82, 2.24) is 9.78 Å². The summed E-state index contributed by atoms with van der Waals surface area (Å²) in [5.74, 6) is 1.09. The summed E-state index contributed by atoms with van der Waals surface area (Å²) < 4.78 is 18.0. The van der Waals surface area contributed by atoms with Crippen molar-refractivity contribution in [1.29, 1.82) is 0 Å². The highest BCUT2D eigenvalue weighted by molar-refractivity contribution is 5.95. The minimum Gasteiger partial charge on any atom is -0.494 e. The molecule has 0 atom stereocenters. The van der Waals surface area contributed by atoms with Crippen LogP contribution in [-0.4, -0.2) is 29.0 Å². The van der Waals surface area contributed by atoms with Crippen molar-refractivity contribution >= 4 is 12.0 Å². The molecule has 120 valence electrons. The van der Waals surface area contributed by atoms with Crippen molar-refractivity contribution in [2.45, 2.75) is 13.5 Å². The van der Waals surface area contributed by atoms with Crippen molar-refractivity contribution in [2.24, 2.45) is 7.05 Å². The Kier molecular flexibility index (Phi) is 4.32. The number of nitrogens with zero attached hydrogens (tertiary/aromatic N) is 2. The molecule has 0 saturated carbocycles. The lowest BCUT2D eigenvalue weighted by molar-refractivity contribution is -0.140. The van der Waals surface area contributed by atoms with E-state index >= 15 is 0 Å². The highest BCUT2D eigenvalue weighted by Gasteiger charge is 2.19. The summed E-state index contributed by atoms with van der Waals surface area (Å²) in [7, 11) is 1.82. The van der Waals surface area contributed by atoms with E-state index in [2.05, 4.69) is 5.10 Å². The van der Waals surface area contributed by atoms with Crippen LogP contribution in [-0.2, 0) is 23.2 Å². The Morgan fingerprint density at radius 3 is 3.04 bits per heavy atom. The molecular formula is C17H18N2O4. The van der Waals surface area contributed by atoms with E-state index in [-0.39, 0.29) is 19.2 Å². The summed E-state index contributed by atoms with van der Waals surface area (Å²) in [6.45, 7) is 2.90. The van der Waals surface area contributed by atoms with Crippen molar-refractivity contribution in [3.05, 3.63) is 47.3 Å². The molecule has 0 aliphatic carbocycles. The predicted octanol–water partition coefficient (Wildman–Crippen LogP) is 2.34. The van der Waals surface area contributed by atoms with Gasteiger partial charge in [-0.2, -0.15) is 5.10 Å². The monoisotopic (exact) mass is 314 g/mol. The molecule has 0 fully saturated rings. The number of hydrogen-bond acceptors (Lipinski definition) is 5. The van der Waals surface area contributed by atoms with Crippen LogP contribution in [0.25, 0.3) is 6.08 Å². The van der Waals surface area contributed by atoms with Crippen molar-refractivity contribution < 1.29 is 19.0 Å². The average Bonchev–Trinajstić information content (AvgIpc) is 2.98. The van der Waals surface area contributed by atoms with Crippen molar-refractivity contribution in [3.63, 3.8) is 0 Å². The first-order valence-electron chi connectivity index (χ1n) is 7.40. The van der Waals surface area contributed by atoms with Gasteiger partial charge in [0.25, 0.3) is 0 Å². The second kappa shape index (κ2) is 6.56. The maximum atomic E-state index is 12.2. The van der Waals surface area contributed by atoms with Crippen LogP contribution in [0.2, 0.25) is 0 Å². The number of benzene rings is 1. The molecule has 2 heterocycles. The summed E-state index contributed by atoms with van der Waals surface area (Å²) >= 11 is 0. The molecule has 23 heavy (non-hydrogen) atoms. The lowest BCUT2D eigenvalue weighted by Gasteiger charge is -2.18. The average molecular weight is 314 g/mol. The summed E-state index contributed by atoms with van der Waals surface area (Å²) in [6.07, 6.45) is 5.26. The van der Waals surface area contributed by atoms with Crippen molar-refractivity contribution in [2.75, 3.05) is 13.2 Å². The van der Waals surface area contributed by atoms with E-state index in [0.29, 0.717) is 12.2 Å². The van der Waals surface area contributed by atoms with Gasteiger partial charge in [-0.3, -0.25) is 4.68 Å². The molecule has 0 amide bonds. The van der Waals surface area contributed by atoms with Crippen LogP contribution < -0.4 is 9.47 Å². The molecule has 0 radical (unpaired) electrons. The van der Waals surface area contributed by atoms with Gasteiger partial charge in [0.1, 0.15) is 24.7 Å². The van der Waals surface area contributed by atoms with E-state index in [0.717, 1.165) is 22.6 Å². The zero-order valence-electron chi connectivity index (χ0n) is 13.1. The van der Waals surface area contributed by atoms with Crippen LogP contribution in [0.3, 0.4) is 0 Å². The Morgan fingerprint density at radius 1 is 1.43 bits per heavy atom. The molecule has 0 spiro atoms. The van der Waals surface area contributed by atoms with Gasteiger partial charge in [-0.1, -0.05) is 0 Å². The first-order valence-corrected chi connectivity index (χ1v) is 7.40. The van der Waals surface area contributed by atoms with E-state index in [1.54, 1.807) is 17.0 Å². The number of esters is 1. The van der Waals surface area contributed by atoms with Crippen molar-refractivity contribution in [3.8, 4) is 11.5 Å². The van der Waals surface area contributed by atoms with Crippen LogP contribution >= 0.6 is 0 Å². The number of carbonyl (C=O) groups excluding carboxylic acids is 1. The molecule has 1 aliphatic rings. The van der Waals surface area contributed by atoms with Gasteiger partial charge < -0.3 is 14.2 Å². The van der Waals surface area contributed by atoms with E-state index < -0.39 is 0 Å². The molecule has 2 aromatic rings. The molecule has 0 N–H and O–H groups in total. The molecule has 1 aromatic carbocycles. The number of carbonyl (C=O) groups is 1. The summed E-state index contributed by atoms with van der Waals surface area (Å²) in [6, 6.07) is 5.54. The van der Waals surface area contributed by atoms with Crippen LogP contribution in [0.15, 0.2) is 36.2 Å². The Labute approximate surface area is 134 Å². The fraction of sp³-hybridized carbons (Fsp3) is 0.294. The van der Waals surface area contributed by atoms with Gasteiger partial charge in [-0.25, -0.2) is 4.79 Å². The summed E-state index contributed by atoms with van der Waals surface area (Å²) in [5.41, 5.74) is 2.14. The molecule has 0 bridgehead atoms. The molecule has 0 saturated heterocycles. The zero-order valence-corrected chi connectivity index (χ0v) is 13.1. The Balaban J connectivity index is 1.70. The quantitative estimate of drug-likeness (QED) is 0.793. The molecule has 6 nitrogen and oxygen atoms in total. The molecule has 0 unspecified atom stereocenters. The van der Waals surface area contributed by atoms with Gasteiger partial charge in [-0.15, -0.1) is 0 Å². The van der Waals surface area contributed by atoms with Gasteiger partial charge in [0.05, 0.1) is 18.4 Å². The lowest BCUT2D eigenvalue weighted by Crippen LogP contribution is -2.17. The molecule has 3 rings (SSSR count). The van der Waals surface area contributed by atoms with Crippen LogP contribution in [0.1, 0.15) is 18.1 Å². The second-order valence-electron chi connectivity index (χ2n) is 5.19. The van der Waals surface area contributed by atoms with Crippen LogP contribution in [0, 0.1) is 0 Å². The SMILES string of the molecule is CCOc1ccc2c(c1)C=C(C(=O)OCc1cnn(C)c1)CO2. The molecule has 1 aromatic heterocycles. The third-order valence-corrected chi connectivity index (χ3v) is 3.40. The molecule has 1 aliphatic heterocycles. The lowest BCUT2D eigenvalue weighted by atomic mass is 10.1. The number of hydrogen-bond donors (Lipinski definition) is 0. The van der Waals surface area contributed by atoms with Gasteiger partial charge in [-0.05, 0) is 31.2 Å². The van der Waals surface area contributed by atoms with E-state index in [1.807, 2.05) is 38.4 Å². The minimum absolute atomic E-state index is 0.190. The van der Waals surface area contributed by atoms with Gasteiger partial charge >= 0.3 is 5.97 Å². The fourth-order valence-electron chi connectivity index (χ4n) is 2.32. The largest absolute Gasteiger partial charge is 0.494 e. The fourth-order valence-corrected chi connectivity index (χ4v) is 2.32. The topological polar surface area (TPSA) is 62.6 Å². The van der Waals surface area contributed by atoms with Gasteiger partial charge in [0, 0.05) is 24.4 Å². The number of ether oxygens (including phenoxy) is 3. The Bertz CT molecular complexity index is 749. The zero-order chi connectivity index (χ0) is 16.2. The highest BCUT2D eigenvalue weighted by Crippen LogP contribution is 2.30. The summed E-state index contributed by atoms with van der Waals surface area (Å²) in [5, 5.41) is 4.04. The maximum Gasteiger partial charge on any atom is 0.337 e. The number of aryl methyl sites for hydroxylation is 1. The smallest absolute Gasteiger partial charge is 0.337 e. The van der Waals surface area contributed by atoms with E-state index in [1.165, 1.54) is 0 Å². The first-order chi connectivity index (χ1) is 11.2. The summed E-state index contributed by atoms with van der Waals surface area (Å²) in [4.78, 5) is 12.2. The Hall–Kier alpha value is -2.76.